The van der Waals surface area contributed by atoms with Crippen LogP contribution in [0.2, 0.25) is 0 Å². The molecule has 0 bridgehead atoms. The zero-order valence-corrected chi connectivity index (χ0v) is 33.5. The summed E-state index contributed by atoms with van der Waals surface area (Å²) in [6, 6.07) is 37.7. The van der Waals surface area contributed by atoms with Crippen molar-refractivity contribution in [2.24, 2.45) is 0 Å². The molecule has 1 aliphatic carbocycles. The van der Waals surface area contributed by atoms with Gasteiger partial charge < -0.3 is 28.7 Å². The standard InChI is InChI=1S/C51H49FN2O4/c1-4-50(5-2)44-31-35(34-9-7-6-8-10-34)11-20-40(44)47-42-32-45(54-25-29-57-30-26-54)46(55-3)33-43(42)49-41(48(47)50)21-22-51(58-49,36-12-16-38(52)17-13-36)37-14-18-39(19-15-37)53-23-27-56-28-24-53/h6-22,31-33H,4-5,23-30H2,1-3H3. The Morgan fingerprint density at radius 1 is 0.690 bits per heavy atom. The highest BCUT2D eigenvalue weighted by molar-refractivity contribution is 6.10. The summed E-state index contributed by atoms with van der Waals surface area (Å²) >= 11 is 0. The van der Waals surface area contributed by atoms with Crippen molar-refractivity contribution >= 4 is 28.2 Å². The summed E-state index contributed by atoms with van der Waals surface area (Å²) in [5.74, 6) is 1.33. The SMILES string of the molecule is CCC1(CC)c2cc(-c3ccccc3)ccc2-c2c1c1c(c3cc(OC)c(N4CCOCC4)cc23)OC(c2ccc(F)cc2)(c2ccc(N3CCOCC3)cc2)C=C1. The molecule has 1 unspecified atom stereocenters. The fraction of sp³-hybridized carbons (Fsp3) is 0.294. The highest BCUT2D eigenvalue weighted by Gasteiger charge is 2.47. The van der Waals surface area contributed by atoms with Gasteiger partial charge in [-0.2, -0.15) is 0 Å². The predicted molar refractivity (Wildman–Crippen MR) is 232 cm³/mol. The van der Waals surface area contributed by atoms with Gasteiger partial charge >= 0.3 is 0 Å². The molecule has 10 rings (SSSR count). The zero-order chi connectivity index (χ0) is 39.4. The van der Waals surface area contributed by atoms with Crippen molar-refractivity contribution in [2.75, 3.05) is 69.5 Å². The van der Waals surface area contributed by atoms with E-state index in [1.165, 1.54) is 45.5 Å². The molecule has 0 N–H and O–H groups in total. The molecule has 0 radical (unpaired) electrons. The first kappa shape index (κ1) is 36.7. The van der Waals surface area contributed by atoms with E-state index in [1.54, 1.807) is 7.11 Å². The van der Waals surface area contributed by atoms with Crippen LogP contribution in [0.25, 0.3) is 39.1 Å². The molecule has 2 saturated heterocycles. The zero-order valence-electron chi connectivity index (χ0n) is 33.5. The van der Waals surface area contributed by atoms with Crippen molar-refractivity contribution in [3.8, 4) is 33.8 Å². The van der Waals surface area contributed by atoms with E-state index >= 15 is 0 Å². The average Bonchev–Trinajstić information content (AvgIpc) is 3.59. The second kappa shape index (κ2) is 14.6. The Labute approximate surface area is 340 Å². The summed E-state index contributed by atoms with van der Waals surface area (Å²) < 4.78 is 40.0. The lowest BCUT2D eigenvalue weighted by Crippen LogP contribution is -2.37. The molecule has 6 aromatic carbocycles. The molecular formula is C51H49FN2O4. The van der Waals surface area contributed by atoms with Gasteiger partial charge in [-0.1, -0.05) is 86.7 Å². The molecule has 58 heavy (non-hydrogen) atoms. The minimum Gasteiger partial charge on any atom is -0.495 e. The number of halogens is 1. The molecule has 294 valence electrons. The van der Waals surface area contributed by atoms with Crippen LogP contribution in [-0.4, -0.2) is 59.7 Å². The summed E-state index contributed by atoms with van der Waals surface area (Å²) in [5.41, 5.74) is 11.4. The normalized spacial score (nSPS) is 19.4. The molecule has 1 atom stereocenters. The maximum Gasteiger partial charge on any atom is 0.178 e. The second-order valence-corrected chi connectivity index (χ2v) is 15.9. The van der Waals surface area contributed by atoms with Crippen molar-refractivity contribution in [1.29, 1.82) is 0 Å². The van der Waals surface area contributed by atoms with Crippen molar-refractivity contribution in [2.45, 2.75) is 37.7 Å². The van der Waals surface area contributed by atoms with Crippen LogP contribution in [0.4, 0.5) is 15.8 Å². The third-order valence-corrected chi connectivity index (χ3v) is 13.2. The molecule has 7 heteroatoms. The summed E-state index contributed by atoms with van der Waals surface area (Å²) in [7, 11) is 1.75. The summed E-state index contributed by atoms with van der Waals surface area (Å²) in [6.45, 7) is 10.7. The van der Waals surface area contributed by atoms with Gasteiger partial charge in [-0.3, -0.25) is 0 Å². The fourth-order valence-electron chi connectivity index (χ4n) is 10.2. The van der Waals surface area contributed by atoms with Crippen LogP contribution >= 0.6 is 0 Å². The van der Waals surface area contributed by atoms with Crippen LogP contribution in [0.3, 0.4) is 0 Å². The Hall–Kier alpha value is -5.63. The van der Waals surface area contributed by atoms with Gasteiger partial charge in [-0.05, 0) is 100 Å². The highest BCUT2D eigenvalue weighted by atomic mass is 19.1. The number of methoxy groups -OCH3 is 1. The lowest BCUT2D eigenvalue weighted by molar-refractivity contribution is 0.122. The van der Waals surface area contributed by atoms with Gasteiger partial charge in [0.1, 0.15) is 17.3 Å². The van der Waals surface area contributed by atoms with E-state index in [-0.39, 0.29) is 11.2 Å². The van der Waals surface area contributed by atoms with Crippen LogP contribution in [0.1, 0.15) is 54.5 Å². The maximum atomic E-state index is 14.6. The maximum absolute atomic E-state index is 14.6. The smallest absolute Gasteiger partial charge is 0.178 e. The molecule has 2 fully saturated rings. The van der Waals surface area contributed by atoms with E-state index in [2.05, 4.69) is 121 Å². The summed E-state index contributed by atoms with van der Waals surface area (Å²) in [4.78, 5) is 4.74. The van der Waals surface area contributed by atoms with Gasteiger partial charge in [0.05, 0.1) is 39.2 Å². The molecular weight excluding hydrogens is 724 g/mol. The van der Waals surface area contributed by atoms with E-state index in [4.69, 9.17) is 18.9 Å². The fourth-order valence-corrected chi connectivity index (χ4v) is 10.2. The van der Waals surface area contributed by atoms with E-state index in [0.29, 0.717) is 26.4 Å². The number of rotatable bonds is 8. The van der Waals surface area contributed by atoms with Gasteiger partial charge in [0.25, 0.3) is 0 Å². The number of benzene rings is 6. The second-order valence-electron chi connectivity index (χ2n) is 15.9. The van der Waals surface area contributed by atoms with Crippen molar-refractivity contribution in [3.63, 3.8) is 0 Å². The molecule has 0 spiro atoms. The molecule has 6 nitrogen and oxygen atoms in total. The van der Waals surface area contributed by atoms with Crippen LogP contribution in [-0.2, 0) is 20.5 Å². The Morgan fingerprint density at radius 2 is 1.34 bits per heavy atom. The van der Waals surface area contributed by atoms with Gasteiger partial charge in [-0.15, -0.1) is 0 Å². The van der Waals surface area contributed by atoms with Crippen LogP contribution in [0.5, 0.6) is 11.5 Å². The third-order valence-electron chi connectivity index (χ3n) is 13.2. The molecule has 3 heterocycles. The Morgan fingerprint density at radius 3 is 2.00 bits per heavy atom. The number of hydrogen-bond acceptors (Lipinski definition) is 6. The minimum atomic E-state index is -1.03. The van der Waals surface area contributed by atoms with Gasteiger partial charge in [-0.25, -0.2) is 4.39 Å². The van der Waals surface area contributed by atoms with Crippen molar-refractivity contribution in [1.82, 2.24) is 0 Å². The van der Waals surface area contributed by atoms with E-state index in [1.807, 2.05) is 12.1 Å². The topological polar surface area (TPSA) is 43.4 Å². The number of fused-ring (bicyclic) bond motifs is 8. The molecule has 6 aromatic rings. The summed E-state index contributed by atoms with van der Waals surface area (Å²) in [6.07, 6.45) is 6.34. The quantitative estimate of drug-likeness (QED) is 0.154. The number of ether oxygens (including phenoxy) is 4. The summed E-state index contributed by atoms with van der Waals surface area (Å²) in [5, 5.41) is 2.13. The average molecular weight is 773 g/mol. The predicted octanol–water partition coefficient (Wildman–Crippen LogP) is 10.8. The van der Waals surface area contributed by atoms with E-state index in [0.717, 1.165) is 89.4 Å². The molecule has 3 aliphatic heterocycles. The van der Waals surface area contributed by atoms with Crippen molar-refractivity contribution < 1.29 is 23.3 Å². The first-order valence-electron chi connectivity index (χ1n) is 20.8. The number of morpholine rings is 2. The molecule has 0 amide bonds. The van der Waals surface area contributed by atoms with Crippen LogP contribution in [0.15, 0.2) is 115 Å². The lowest BCUT2D eigenvalue weighted by Gasteiger charge is -2.40. The highest BCUT2D eigenvalue weighted by Crippen LogP contribution is 2.61. The minimum absolute atomic E-state index is 0.268. The van der Waals surface area contributed by atoms with Crippen LogP contribution in [0, 0.1) is 5.82 Å². The van der Waals surface area contributed by atoms with Gasteiger partial charge in [0.15, 0.2) is 5.60 Å². The van der Waals surface area contributed by atoms with Gasteiger partial charge in [0, 0.05) is 59.4 Å². The molecule has 0 saturated carbocycles. The lowest BCUT2D eigenvalue weighted by atomic mass is 9.70. The van der Waals surface area contributed by atoms with Crippen molar-refractivity contribution in [3.05, 3.63) is 149 Å². The Bertz CT molecular complexity index is 2520. The Kier molecular flexibility index (Phi) is 9.26. The first-order chi connectivity index (χ1) is 28.5. The van der Waals surface area contributed by atoms with E-state index < -0.39 is 5.60 Å². The monoisotopic (exact) mass is 772 g/mol. The molecule has 4 aliphatic rings. The number of hydrogen-bond donors (Lipinski definition) is 0. The third kappa shape index (κ3) is 5.73. The van der Waals surface area contributed by atoms with E-state index in [9.17, 15) is 4.39 Å². The largest absolute Gasteiger partial charge is 0.495 e. The van der Waals surface area contributed by atoms with Gasteiger partial charge in [0.2, 0.25) is 0 Å². The first-order valence-corrected chi connectivity index (χ1v) is 20.8. The molecule has 0 aromatic heterocycles. The van der Waals surface area contributed by atoms with Crippen LogP contribution < -0.4 is 19.3 Å². The number of nitrogens with zero attached hydrogens (tertiary/aromatic N) is 2. The number of anilines is 2. The Balaban J connectivity index is 1.24.